The summed E-state index contributed by atoms with van der Waals surface area (Å²) in [6.07, 6.45) is 5.14. The topological polar surface area (TPSA) is 46.1 Å². The van der Waals surface area contributed by atoms with Crippen LogP contribution in [-0.2, 0) is 4.79 Å². The number of amides is 1. The number of hydrogen-bond acceptors (Lipinski definition) is 4. The Morgan fingerprint density at radius 2 is 1.88 bits per heavy atom. The summed E-state index contributed by atoms with van der Waals surface area (Å²) in [6, 6.07) is 10.0. The summed E-state index contributed by atoms with van der Waals surface area (Å²) in [6.45, 7) is 0.666. The number of thiazole rings is 1. The van der Waals surface area contributed by atoms with Crippen molar-refractivity contribution in [1.82, 2.24) is 9.97 Å². The fourth-order valence-corrected chi connectivity index (χ4v) is 3.98. The maximum Gasteiger partial charge on any atom is 0.236 e. The Bertz CT molecular complexity index is 879. The quantitative estimate of drug-likeness (QED) is 0.707. The lowest BCUT2D eigenvalue weighted by atomic mass is 9.90. The van der Waals surface area contributed by atoms with Gasteiger partial charge in [-0.3, -0.25) is 14.7 Å². The van der Waals surface area contributed by atoms with Crippen molar-refractivity contribution in [2.75, 3.05) is 11.4 Å². The van der Waals surface area contributed by atoms with Gasteiger partial charge in [0.05, 0.1) is 11.6 Å². The van der Waals surface area contributed by atoms with E-state index < -0.39 is 0 Å². The Kier molecular flexibility index (Phi) is 4.28. The van der Waals surface area contributed by atoms with Gasteiger partial charge < -0.3 is 0 Å². The highest BCUT2D eigenvalue weighted by atomic mass is 32.1. The average molecular weight is 353 g/mol. The minimum absolute atomic E-state index is 0.0356. The van der Waals surface area contributed by atoms with E-state index in [1.54, 1.807) is 29.4 Å². The van der Waals surface area contributed by atoms with Crippen molar-refractivity contribution < 1.29 is 9.18 Å². The lowest BCUT2D eigenvalue weighted by Crippen LogP contribution is -2.40. The molecule has 0 radical (unpaired) electrons. The van der Waals surface area contributed by atoms with E-state index >= 15 is 0 Å². The van der Waals surface area contributed by atoms with Gasteiger partial charge in [0.2, 0.25) is 5.91 Å². The Morgan fingerprint density at radius 3 is 2.64 bits per heavy atom. The first-order chi connectivity index (χ1) is 12.2. The van der Waals surface area contributed by atoms with Crippen LogP contribution in [0.25, 0.3) is 11.3 Å². The molecule has 6 heteroatoms. The van der Waals surface area contributed by atoms with Gasteiger partial charge in [-0.25, -0.2) is 9.37 Å². The second kappa shape index (κ2) is 6.72. The van der Waals surface area contributed by atoms with Gasteiger partial charge >= 0.3 is 0 Å². The minimum Gasteiger partial charge on any atom is -0.288 e. The van der Waals surface area contributed by atoms with Gasteiger partial charge in [-0.2, -0.15) is 0 Å². The standard InChI is InChI=1S/C19H16FN3OS/c20-15-5-3-13(4-6-15)16-2-1-11-23(18(16)24)19-22-17(12-25-19)14-7-9-21-10-8-14/h3-10,12,16H,1-2,11H2. The molecule has 0 saturated carbocycles. The smallest absolute Gasteiger partial charge is 0.236 e. The summed E-state index contributed by atoms with van der Waals surface area (Å²) in [5, 5.41) is 2.67. The highest BCUT2D eigenvalue weighted by Crippen LogP contribution is 2.34. The van der Waals surface area contributed by atoms with E-state index in [0.29, 0.717) is 11.7 Å². The van der Waals surface area contributed by atoms with Crippen LogP contribution in [0.5, 0.6) is 0 Å². The number of nitrogens with zero attached hydrogens (tertiary/aromatic N) is 3. The third kappa shape index (κ3) is 3.17. The van der Waals surface area contributed by atoms with Crippen LogP contribution in [0.15, 0.2) is 54.2 Å². The molecule has 1 amide bonds. The van der Waals surface area contributed by atoms with Crippen molar-refractivity contribution in [3.05, 3.63) is 65.6 Å². The second-order valence-corrected chi connectivity index (χ2v) is 6.82. The average Bonchev–Trinajstić information content (AvgIpc) is 3.13. The number of carbonyl (C=O) groups excluding carboxylic acids is 1. The maximum atomic E-state index is 13.1. The predicted molar refractivity (Wildman–Crippen MR) is 96.1 cm³/mol. The van der Waals surface area contributed by atoms with Gasteiger partial charge in [-0.05, 0) is 42.7 Å². The summed E-state index contributed by atoms with van der Waals surface area (Å²) < 4.78 is 13.1. The van der Waals surface area contributed by atoms with E-state index in [4.69, 9.17) is 0 Å². The van der Waals surface area contributed by atoms with Crippen LogP contribution in [0, 0.1) is 5.82 Å². The van der Waals surface area contributed by atoms with Crippen molar-refractivity contribution in [2.24, 2.45) is 0 Å². The molecule has 4 rings (SSSR count). The minimum atomic E-state index is -0.286. The molecule has 0 N–H and O–H groups in total. The van der Waals surface area contributed by atoms with Crippen LogP contribution >= 0.6 is 11.3 Å². The molecule has 0 bridgehead atoms. The number of carbonyl (C=O) groups is 1. The Morgan fingerprint density at radius 1 is 1.12 bits per heavy atom. The number of aromatic nitrogens is 2. The number of pyridine rings is 1. The molecule has 1 saturated heterocycles. The number of hydrogen-bond donors (Lipinski definition) is 0. The van der Waals surface area contributed by atoms with Crippen molar-refractivity contribution in [2.45, 2.75) is 18.8 Å². The third-order valence-corrected chi connectivity index (χ3v) is 5.27. The van der Waals surface area contributed by atoms with Crippen molar-refractivity contribution in [3.8, 4) is 11.3 Å². The molecule has 126 valence electrons. The highest BCUT2D eigenvalue weighted by Gasteiger charge is 2.32. The van der Waals surface area contributed by atoms with Crippen molar-refractivity contribution >= 4 is 22.4 Å². The molecule has 4 nitrogen and oxygen atoms in total. The van der Waals surface area contributed by atoms with E-state index in [1.165, 1.54) is 23.5 Å². The highest BCUT2D eigenvalue weighted by molar-refractivity contribution is 7.14. The molecular weight excluding hydrogens is 337 g/mol. The first-order valence-corrected chi connectivity index (χ1v) is 9.03. The van der Waals surface area contributed by atoms with Gasteiger partial charge in [-0.1, -0.05) is 12.1 Å². The summed E-state index contributed by atoms with van der Waals surface area (Å²) in [5.41, 5.74) is 2.69. The lowest BCUT2D eigenvalue weighted by molar-refractivity contribution is -0.121. The third-order valence-electron chi connectivity index (χ3n) is 4.41. The maximum absolute atomic E-state index is 13.1. The monoisotopic (exact) mass is 353 g/mol. The molecule has 1 aromatic carbocycles. The first-order valence-electron chi connectivity index (χ1n) is 8.15. The molecule has 1 atom stereocenters. The Balaban J connectivity index is 1.59. The van der Waals surface area contributed by atoms with Gasteiger partial charge in [0.1, 0.15) is 5.82 Å². The van der Waals surface area contributed by atoms with Crippen LogP contribution in [0.2, 0.25) is 0 Å². The molecule has 1 aliphatic heterocycles. The zero-order valence-corrected chi connectivity index (χ0v) is 14.2. The largest absolute Gasteiger partial charge is 0.288 e. The number of benzene rings is 1. The van der Waals surface area contributed by atoms with E-state index in [-0.39, 0.29) is 17.6 Å². The molecule has 3 aromatic rings. The van der Waals surface area contributed by atoms with E-state index in [1.807, 2.05) is 17.5 Å². The fraction of sp³-hybridized carbons (Fsp3) is 0.211. The van der Waals surface area contributed by atoms with Gasteiger partial charge in [0, 0.05) is 29.9 Å². The van der Waals surface area contributed by atoms with Crippen LogP contribution in [-0.4, -0.2) is 22.4 Å². The summed E-state index contributed by atoms with van der Waals surface area (Å²) in [7, 11) is 0. The molecule has 1 fully saturated rings. The molecule has 25 heavy (non-hydrogen) atoms. The molecule has 0 spiro atoms. The summed E-state index contributed by atoms with van der Waals surface area (Å²) >= 11 is 1.47. The number of rotatable bonds is 3. The second-order valence-electron chi connectivity index (χ2n) is 5.99. The van der Waals surface area contributed by atoms with Crippen LogP contribution < -0.4 is 4.90 Å². The molecular formula is C19H16FN3OS. The van der Waals surface area contributed by atoms with E-state index in [2.05, 4.69) is 9.97 Å². The fourth-order valence-electron chi connectivity index (χ4n) is 3.11. The SMILES string of the molecule is O=C1C(c2ccc(F)cc2)CCCN1c1nc(-c2ccncc2)cs1. The van der Waals surface area contributed by atoms with Crippen LogP contribution in [0.3, 0.4) is 0 Å². The molecule has 0 aliphatic carbocycles. The van der Waals surface area contributed by atoms with Crippen molar-refractivity contribution in [3.63, 3.8) is 0 Å². The molecule has 1 unspecified atom stereocenters. The van der Waals surface area contributed by atoms with Crippen molar-refractivity contribution in [1.29, 1.82) is 0 Å². The van der Waals surface area contributed by atoms with Gasteiger partial charge in [0.25, 0.3) is 0 Å². The number of piperidine rings is 1. The first kappa shape index (κ1) is 15.9. The summed E-state index contributed by atoms with van der Waals surface area (Å²) in [4.78, 5) is 23.3. The number of halogens is 1. The lowest BCUT2D eigenvalue weighted by Gasteiger charge is -2.30. The normalized spacial score (nSPS) is 17.7. The number of anilines is 1. The Labute approximate surface area is 149 Å². The van der Waals surface area contributed by atoms with E-state index in [9.17, 15) is 9.18 Å². The zero-order chi connectivity index (χ0) is 17.2. The molecule has 1 aliphatic rings. The van der Waals surface area contributed by atoms with E-state index in [0.717, 1.165) is 29.7 Å². The molecule has 2 aromatic heterocycles. The van der Waals surface area contributed by atoms with Crippen LogP contribution in [0.1, 0.15) is 24.3 Å². The Hall–Kier alpha value is -2.60. The van der Waals surface area contributed by atoms with Gasteiger partial charge in [0.15, 0.2) is 5.13 Å². The zero-order valence-electron chi connectivity index (χ0n) is 13.4. The summed E-state index contributed by atoms with van der Waals surface area (Å²) in [5.74, 6) is -0.484. The molecule has 3 heterocycles. The van der Waals surface area contributed by atoms with Crippen LogP contribution in [0.4, 0.5) is 9.52 Å². The predicted octanol–water partition coefficient (Wildman–Crippen LogP) is 4.25. The van der Waals surface area contributed by atoms with Gasteiger partial charge in [-0.15, -0.1) is 11.3 Å².